The van der Waals surface area contributed by atoms with Gasteiger partial charge in [0, 0.05) is 16.4 Å². The SMILES string of the molecule is CCC(Nc1ccc2sccc2c1)C(C)C. The third-order valence-corrected chi connectivity index (χ3v) is 3.95. The number of hydrogen-bond acceptors (Lipinski definition) is 2. The van der Waals surface area contributed by atoms with Crippen molar-refractivity contribution in [2.45, 2.75) is 33.2 Å². The first-order chi connectivity index (χ1) is 7.70. The van der Waals surface area contributed by atoms with Gasteiger partial charge in [-0.25, -0.2) is 0 Å². The quantitative estimate of drug-likeness (QED) is 0.803. The fourth-order valence-corrected chi connectivity index (χ4v) is 2.78. The Kier molecular flexibility index (Phi) is 3.49. The highest BCUT2D eigenvalue weighted by atomic mass is 32.1. The minimum Gasteiger partial charge on any atom is -0.382 e. The van der Waals surface area contributed by atoms with Crippen molar-refractivity contribution >= 4 is 27.1 Å². The summed E-state index contributed by atoms with van der Waals surface area (Å²) < 4.78 is 1.36. The zero-order valence-electron chi connectivity index (χ0n) is 10.2. The Morgan fingerprint density at radius 3 is 2.75 bits per heavy atom. The molecule has 1 aromatic carbocycles. The number of benzene rings is 1. The Labute approximate surface area is 101 Å². The van der Waals surface area contributed by atoms with Gasteiger partial charge in [0.25, 0.3) is 0 Å². The summed E-state index contributed by atoms with van der Waals surface area (Å²) in [5, 5.41) is 7.10. The van der Waals surface area contributed by atoms with Crippen molar-refractivity contribution < 1.29 is 0 Å². The molecule has 0 bridgehead atoms. The molecule has 0 aliphatic heterocycles. The van der Waals surface area contributed by atoms with E-state index >= 15 is 0 Å². The lowest BCUT2D eigenvalue weighted by molar-refractivity contribution is 0.511. The molecule has 1 heterocycles. The molecule has 0 amide bonds. The summed E-state index contributed by atoms with van der Waals surface area (Å²) in [6, 6.07) is 9.38. The van der Waals surface area contributed by atoms with Gasteiger partial charge in [-0.05, 0) is 47.4 Å². The Morgan fingerprint density at radius 2 is 2.06 bits per heavy atom. The summed E-state index contributed by atoms with van der Waals surface area (Å²) in [5.74, 6) is 0.670. The van der Waals surface area contributed by atoms with Crippen LogP contribution in [0.1, 0.15) is 27.2 Å². The third kappa shape index (κ3) is 2.38. The molecule has 1 aromatic heterocycles. The van der Waals surface area contributed by atoms with E-state index in [9.17, 15) is 0 Å². The van der Waals surface area contributed by atoms with E-state index in [4.69, 9.17) is 0 Å². The van der Waals surface area contributed by atoms with Crippen molar-refractivity contribution in [3.63, 3.8) is 0 Å². The van der Waals surface area contributed by atoms with E-state index in [1.807, 2.05) is 0 Å². The lowest BCUT2D eigenvalue weighted by Gasteiger charge is -2.22. The molecule has 0 saturated heterocycles. The van der Waals surface area contributed by atoms with Gasteiger partial charge in [0.15, 0.2) is 0 Å². The number of anilines is 1. The molecule has 2 heteroatoms. The summed E-state index contributed by atoms with van der Waals surface area (Å²) in [6.45, 7) is 6.77. The molecule has 1 atom stereocenters. The molecular weight excluding hydrogens is 214 g/mol. The van der Waals surface area contributed by atoms with Gasteiger partial charge in [0.2, 0.25) is 0 Å². The van der Waals surface area contributed by atoms with Crippen molar-refractivity contribution in [3.8, 4) is 0 Å². The van der Waals surface area contributed by atoms with Gasteiger partial charge in [-0.3, -0.25) is 0 Å². The van der Waals surface area contributed by atoms with Crippen LogP contribution in [0.4, 0.5) is 5.69 Å². The van der Waals surface area contributed by atoms with E-state index < -0.39 is 0 Å². The van der Waals surface area contributed by atoms with Gasteiger partial charge in [-0.2, -0.15) is 0 Å². The number of hydrogen-bond donors (Lipinski definition) is 1. The number of thiophene rings is 1. The monoisotopic (exact) mass is 233 g/mol. The predicted molar refractivity (Wildman–Crippen MR) is 74.4 cm³/mol. The smallest absolute Gasteiger partial charge is 0.0349 e. The molecule has 0 aliphatic rings. The number of nitrogens with one attached hydrogen (secondary N) is 1. The maximum atomic E-state index is 3.61. The molecule has 0 radical (unpaired) electrons. The normalized spacial score (nSPS) is 13.2. The van der Waals surface area contributed by atoms with Gasteiger partial charge in [0.05, 0.1) is 0 Å². The average molecular weight is 233 g/mol. The highest BCUT2D eigenvalue weighted by Crippen LogP contribution is 2.25. The molecule has 1 unspecified atom stereocenters. The Hall–Kier alpha value is -1.02. The first-order valence-electron chi connectivity index (χ1n) is 5.94. The Bertz CT molecular complexity index is 458. The Morgan fingerprint density at radius 1 is 1.25 bits per heavy atom. The van der Waals surface area contributed by atoms with Gasteiger partial charge >= 0.3 is 0 Å². The summed E-state index contributed by atoms with van der Waals surface area (Å²) >= 11 is 1.80. The van der Waals surface area contributed by atoms with E-state index in [2.05, 4.69) is 55.7 Å². The van der Waals surface area contributed by atoms with Crippen molar-refractivity contribution in [1.29, 1.82) is 0 Å². The van der Waals surface area contributed by atoms with Crippen LogP contribution in [0.2, 0.25) is 0 Å². The molecular formula is C14H19NS. The van der Waals surface area contributed by atoms with Crippen LogP contribution < -0.4 is 5.32 Å². The lowest BCUT2D eigenvalue weighted by atomic mass is 10.0. The molecule has 1 N–H and O–H groups in total. The van der Waals surface area contributed by atoms with Crippen LogP contribution in [0.5, 0.6) is 0 Å². The first kappa shape index (κ1) is 11.5. The second-order valence-electron chi connectivity index (χ2n) is 4.58. The fraction of sp³-hybridized carbons (Fsp3) is 0.429. The highest BCUT2D eigenvalue weighted by molar-refractivity contribution is 7.17. The van der Waals surface area contributed by atoms with E-state index in [0.29, 0.717) is 12.0 Å². The molecule has 2 rings (SSSR count). The van der Waals surface area contributed by atoms with E-state index in [1.54, 1.807) is 11.3 Å². The van der Waals surface area contributed by atoms with Crippen LogP contribution in [0.15, 0.2) is 29.6 Å². The topological polar surface area (TPSA) is 12.0 Å². The molecule has 1 nitrogen and oxygen atoms in total. The van der Waals surface area contributed by atoms with Gasteiger partial charge in [-0.1, -0.05) is 20.8 Å². The lowest BCUT2D eigenvalue weighted by Crippen LogP contribution is -2.24. The zero-order chi connectivity index (χ0) is 11.5. The van der Waals surface area contributed by atoms with Gasteiger partial charge in [-0.15, -0.1) is 11.3 Å². The maximum Gasteiger partial charge on any atom is 0.0349 e. The third-order valence-electron chi connectivity index (χ3n) is 3.05. The first-order valence-corrected chi connectivity index (χ1v) is 6.82. The second-order valence-corrected chi connectivity index (χ2v) is 5.52. The molecule has 0 fully saturated rings. The minimum absolute atomic E-state index is 0.566. The predicted octanol–water partition coefficient (Wildman–Crippen LogP) is 4.75. The molecule has 0 aliphatic carbocycles. The van der Waals surface area contributed by atoms with E-state index in [0.717, 1.165) is 0 Å². The molecule has 0 spiro atoms. The highest BCUT2D eigenvalue weighted by Gasteiger charge is 2.10. The minimum atomic E-state index is 0.566. The maximum absolute atomic E-state index is 3.61. The van der Waals surface area contributed by atoms with E-state index in [-0.39, 0.29) is 0 Å². The van der Waals surface area contributed by atoms with Crippen molar-refractivity contribution in [2.75, 3.05) is 5.32 Å². The van der Waals surface area contributed by atoms with Crippen LogP contribution in [0, 0.1) is 5.92 Å². The van der Waals surface area contributed by atoms with Crippen LogP contribution in [-0.2, 0) is 0 Å². The van der Waals surface area contributed by atoms with Crippen molar-refractivity contribution in [1.82, 2.24) is 0 Å². The van der Waals surface area contributed by atoms with Gasteiger partial charge in [0.1, 0.15) is 0 Å². The molecule has 16 heavy (non-hydrogen) atoms. The van der Waals surface area contributed by atoms with Crippen LogP contribution >= 0.6 is 11.3 Å². The van der Waals surface area contributed by atoms with Gasteiger partial charge < -0.3 is 5.32 Å². The van der Waals surface area contributed by atoms with Crippen LogP contribution in [0.25, 0.3) is 10.1 Å². The standard InChI is InChI=1S/C14H19NS/c1-4-13(10(2)3)15-12-5-6-14-11(9-12)7-8-16-14/h5-10,13,15H,4H2,1-3H3. The van der Waals surface area contributed by atoms with E-state index in [1.165, 1.54) is 22.2 Å². The molecule has 2 aromatic rings. The van der Waals surface area contributed by atoms with Crippen LogP contribution in [-0.4, -0.2) is 6.04 Å². The summed E-state index contributed by atoms with van der Waals surface area (Å²) in [5.41, 5.74) is 1.24. The van der Waals surface area contributed by atoms with Crippen molar-refractivity contribution in [3.05, 3.63) is 29.6 Å². The largest absolute Gasteiger partial charge is 0.382 e. The fourth-order valence-electron chi connectivity index (χ4n) is 2.01. The summed E-state index contributed by atoms with van der Waals surface area (Å²) in [7, 11) is 0. The van der Waals surface area contributed by atoms with Crippen molar-refractivity contribution in [2.24, 2.45) is 5.92 Å². The summed E-state index contributed by atoms with van der Waals surface area (Å²) in [4.78, 5) is 0. The number of rotatable bonds is 4. The summed E-state index contributed by atoms with van der Waals surface area (Å²) in [6.07, 6.45) is 1.17. The van der Waals surface area contributed by atoms with Crippen LogP contribution in [0.3, 0.4) is 0 Å². The second kappa shape index (κ2) is 4.88. The molecule has 86 valence electrons. The average Bonchev–Trinajstić information content (AvgIpc) is 2.72. The molecule has 0 saturated carbocycles. The Balaban J connectivity index is 2.19. The number of fused-ring (bicyclic) bond motifs is 1. The zero-order valence-corrected chi connectivity index (χ0v) is 11.0.